The SMILES string of the molecule is Cc1cnc2c(c1)CN(Cc1nc([C@H](c3ccn4c(C(F)F)nnc4c3C)C(C)(C)C(=O)O)ccc1C)CC1(CNC1)O2. The van der Waals surface area contributed by atoms with E-state index in [4.69, 9.17) is 9.72 Å². The molecular weight excluding hydrogens is 556 g/mol. The van der Waals surface area contributed by atoms with E-state index in [1.165, 1.54) is 10.6 Å². The maximum Gasteiger partial charge on any atom is 0.310 e. The van der Waals surface area contributed by atoms with Crippen LogP contribution in [0.5, 0.6) is 5.88 Å². The number of nitrogens with one attached hydrogen (secondary N) is 1. The number of carboxylic acid groups (broad SMARTS) is 1. The van der Waals surface area contributed by atoms with E-state index in [1.807, 2.05) is 32.2 Å². The highest BCUT2D eigenvalue weighted by Gasteiger charge is 2.44. The van der Waals surface area contributed by atoms with Crippen LogP contribution in [0.25, 0.3) is 5.65 Å². The monoisotopic (exact) mass is 591 g/mol. The molecule has 1 atom stereocenters. The van der Waals surface area contributed by atoms with Crippen molar-refractivity contribution in [2.45, 2.75) is 65.7 Å². The summed E-state index contributed by atoms with van der Waals surface area (Å²) in [6, 6.07) is 7.61. The normalized spacial score (nSPS) is 17.4. The second kappa shape index (κ2) is 10.6. The summed E-state index contributed by atoms with van der Waals surface area (Å²) >= 11 is 0. The third-order valence-corrected chi connectivity index (χ3v) is 8.74. The van der Waals surface area contributed by atoms with Gasteiger partial charge in [-0.2, -0.15) is 0 Å². The summed E-state index contributed by atoms with van der Waals surface area (Å²) in [5.41, 5.74) is 4.29. The zero-order valence-corrected chi connectivity index (χ0v) is 24.9. The molecule has 0 saturated carbocycles. The van der Waals surface area contributed by atoms with Crippen LogP contribution in [-0.4, -0.2) is 65.8 Å². The van der Waals surface area contributed by atoms with Gasteiger partial charge < -0.3 is 15.2 Å². The van der Waals surface area contributed by atoms with Gasteiger partial charge in [0.05, 0.1) is 11.1 Å². The number of nitrogens with zero attached hydrogens (tertiary/aromatic N) is 6. The summed E-state index contributed by atoms with van der Waals surface area (Å²) in [5.74, 6) is -1.49. The number of aromatic nitrogens is 5. The van der Waals surface area contributed by atoms with Crippen molar-refractivity contribution in [2.24, 2.45) is 5.41 Å². The molecule has 1 fully saturated rings. The van der Waals surface area contributed by atoms with Crippen LogP contribution < -0.4 is 10.1 Å². The molecule has 4 aromatic rings. The Bertz CT molecular complexity index is 1720. The number of hydrogen-bond acceptors (Lipinski definition) is 8. The van der Waals surface area contributed by atoms with Gasteiger partial charge in [-0.15, -0.1) is 10.2 Å². The van der Waals surface area contributed by atoms with E-state index in [2.05, 4.69) is 31.5 Å². The second-order valence-corrected chi connectivity index (χ2v) is 12.4. The van der Waals surface area contributed by atoms with Crippen molar-refractivity contribution in [3.63, 3.8) is 0 Å². The molecule has 2 N–H and O–H groups in total. The third kappa shape index (κ3) is 5.12. The number of ether oxygens (including phenoxy) is 1. The molecule has 0 unspecified atom stereocenters. The first-order chi connectivity index (χ1) is 20.4. The first-order valence-electron chi connectivity index (χ1n) is 14.3. The van der Waals surface area contributed by atoms with Crippen molar-refractivity contribution in [3.05, 3.63) is 81.7 Å². The average Bonchev–Trinajstić information content (AvgIpc) is 3.29. The van der Waals surface area contributed by atoms with Crippen LogP contribution in [0.4, 0.5) is 8.78 Å². The zero-order valence-electron chi connectivity index (χ0n) is 24.9. The molecule has 43 heavy (non-hydrogen) atoms. The van der Waals surface area contributed by atoms with Crippen molar-refractivity contribution >= 4 is 11.6 Å². The highest BCUT2D eigenvalue weighted by Crippen LogP contribution is 2.43. The Morgan fingerprint density at radius 1 is 1.19 bits per heavy atom. The Hall–Kier alpha value is -4.03. The van der Waals surface area contributed by atoms with Crippen LogP contribution in [0.15, 0.2) is 36.7 Å². The van der Waals surface area contributed by atoms with E-state index in [1.54, 1.807) is 26.8 Å². The van der Waals surface area contributed by atoms with Crippen molar-refractivity contribution in [1.29, 1.82) is 0 Å². The molecule has 6 heterocycles. The van der Waals surface area contributed by atoms with E-state index in [-0.39, 0.29) is 11.2 Å². The lowest BCUT2D eigenvalue weighted by atomic mass is 9.72. The predicted octanol–water partition coefficient (Wildman–Crippen LogP) is 4.36. The molecule has 0 aliphatic carbocycles. The van der Waals surface area contributed by atoms with Crippen LogP contribution in [0.3, 0.4) is 0 Å². The van der Waals surface area contributed by atoms with Gasteiger partial charge in [0.2, 0.25) is 11.7 Å². The van der Waals surface area contributed by atoms with Gasteiger partial charge in [-0.1, -0.05) is 6.07 Å². The molecular formula is C31H35F2N7O3. The minimum Gasteiger partial charge on any atom is -0.481 e. The number of aliphatic carboxylic acids is 1. The Morgan fingerprint density at radius 2 is 1.95 bits per heavy atom. The predicted molar refractivity (Wildman–Crippen MR) is 154 cm³/mol. The lowest BCUT2D eigenvalue weighted by Crippen LogP contribution is -2.67. The molecule has 6 rings (SSSR count). The molecule has 2 aliphatic rings. The number of rotatable bonds is 7. The van der Waals surface area contributed by atoms with Crippen LogP contribution >= 0.6 is 0 Å². The van der Waals surface area contributed by atoms with E-state index < -0.39 is 29.6 Å². The molecule has 4 aromatic heterocycles. The van der Waals surface area contributed by atoms with Crippen LogP contribution in [0.2, 0.25) is 0 Å². The van der Waals surface area contributed by atoms with Crippen LogP contribution in [0, 0.1) is 26.2 Å². The fourth-order valence-electron chi connectivity index (χ4n) is 6.20. The highest BCUT2D eigenvalue weighted by molar-refractivity contribution is 5.76. The largest absolute Gasteiger partial charge is 0.481 e. The topological polar surface area (TPSA) is 118 Å². The Kier molecular flexibility index (Phi) is 7.16. The standard InChI is InChI=1S/C31H35F2N7O3/c1-17-10-20-12-39(16-31(14-34-15-31)43-28(20)35-11-17)13-23-18(2)6-7-22(36-23)24(30(4,5)29(41)42)21-8-9-40-26(19(21)3)37-38-27(40)25(32)33/h6-11,24-25,34H,12-16H2,1-5H3,(H,41,42)/t24-/m0/s1. The molecule has 0 radical (unpaired) electrons. The second-order valence-electron chi connectivity index (χ2n) is 12.4. The lowest BCUT2D eigenvalue weighted by molar-refractivity contribution is -0.147. The van der Waals surface area contributed by atoms with E-state index in [0.29, 0.717) is 42.3 Å². The molecule has 10 nitrogen and oxygen atoms in total. The third-order valence-electron chi connectivity index (χ3n) is 8.74. The molecule has 12 heteroatoms. The number of pyridine rings is 3. The van der Waals surface area contributed by atoms with Crippen molar-refractivity contribution in [2.75, 3.05) is 19.6 Å². The summed E-state index contributed by atoms with van der Waals surface area (Å²) in [5, 5.41) is 21.4. The van der Waals surface area contributed by atoms with Gasteiger partial charge in [-0.25, -0.2) is 13.8 Å². The van der Waals surface area contributed by atoms with Crippen LogP contribution in [0.1, 0.15) is 71.2 Å². The summed E-state index contributed by atoms with van der Waals surface area (Å²) in [6.07, 6.45) is 0.510. The van der Waals surface area contributed by atoms with E-state index in [9.17, 15) is 18.7 Å². The summed E-state index contributed by atoms with van der Waals surface area (Å²) < 4.78 is 34.7. The molecule has 1 spiro atoms. The van der Waals surface area contributed by atoms with E-state index >= 15 is 0 Å². The highest BCUT2D eigenvalue weighted by atomic mass is 19.3. The summed E-state index contributed by atoms with van der Waals surface area (Å²) in [7, 11) is 0. The number of hydrogen-bond donors (Lipinski definition) is 2. The maximum absolute atomic E-state index is 13.5. The first-order valence-corrected chi connectivity index (χ1v) is 14.3. The molecule has 2 aliphatic heterocycles. The summed E-state index contributed by atoms with van der Waals surface area (Å²) in [6.45, 7) is 12.4. The number of halogens is 2. The molecule has 1 saturated heterocycles. The minimum atomic E-state index is -2.79. The van der Waals surface area contributed by atoms with Gasteiger partial charge in [0.15, 0.2) is 5.65 Å². The molecule has 0 bridgehead atoms. The smallest absolute Gasteiger partial charge is 0.310 e. The van der Waals surface area contributed by atoms with Gasteiger partial charge in [0.1, 0.15) is 5.60 Å². The number of carboxylic acids is 1. The maximum atomic E-state index is 13.5. The van der Waals surface area contributed by atoms with Crippen LogP contribution in [-0.2, 0) is 17.9 Å². The van der Waals surface area contributed by atoms with Gasteiger partial charge >= 0.3 is 5.97 Å². The fourth-order valence-corrected chi connectivity index (χ4v) is 6.20. The number of fused-ring (bicyclic) bond motifs is 2. The lowest BCUT2D eigenvalue weighted by Gasteiger charge is -2.43. The number of alkyl halides is 2. The van der Waals surface area contributed by atoms with Crippen molar-refractivity contribution < 1.29 is 23.4 Å². The minimum absolute atomic E-state index is 0.262. The van der Waals surface area contributed by atoms with Gasteiger partial charge in [-0.3, -0.25) is 19.1 Å². The molecule has 0 aromatic carbocycles. The Morgan fingerprint density at radius 3 is 2.63 bits per heavy atom. The Balaban J connectivity index is 1.41. The van der Waals surface area contributed by atoms with Gasteiger partial charge in [0, 0.05) is 62.3 Å². The average molecular weight is 592 g/mol. The zero-order chi connectivity index (χ0) is 30.7. The number of aryl methyl sites for hydroxylation is 3. The van der Waals surface area contributed by atoms with Crippen molar-refractivity contribution in [1.82, 2.24) is 34.8 Å². The van der Waals surface area contributed by atoms with E-state index in [0.717, 1.165) is 35.5 Å². The first kappa shape index (κ1) is 29.1. The Labute approximate surface area is 248 Å². The molecule has 0 amide bonds. The van der Waals surface area contributed by atoms with Gasteiger partial charge in [-0.05, 0) is 75.1 Å². The summed E-state index contributed by atoms with van der Waals surface area (Å²) in [4.78, 5) is 24.6. The quantitative estimate of drug-likeness (QED) is 0.323. The molecule has 226 valence electrons. The van der Waals surface area contributed by atoms with Crippen molar-refractivity contribution in [3.8, 4) is 5.88 Å². The van der Waals surface area contributed by atoms with Gasteiger partial charge in [0.25, 0.3) is 6.43 Å². The number of carbonyl (C=O) groups is 1. The fraction of sp³-hybridized carbons (Fsp3) is 0.452.